The summed E-state index contributed by atoms with van der Waals surface area (Å²) in [4.78, 5) is 11.3. The maximum absolute atomic E-state index is 11.3. The molecule has 0 atom stereocenters. The lowest BCUT2D eigenvalue weighted by Gasteiger charge is -2.21. The largest absolute Gasteiger partial charge is 0.289 e. The van der Waals surface area contributed by atoms with Crippen molar-refractivity contribution >= 4 is 17.3 Å². The van der Waals surface area contributed by atoms with Gasteiger partial charge in [0.25, 0.3) is 5.91 Å². The van der Waals surface area contributed by atoms with E-state index < -0.39 is 5.91 Å². The molecule has 0 radical (unpaired) electrons. The van der Waals surface area contributed by atoms with Crippen molar-refractivity contribution in [1.29, 1.82) is 0 Å². The summed E-state index contributed by atoms with van der Waals surface area (Å²) < 4.78 is 0. The smallest absolute Gasteiger partial charge is 0.285 e. The van der Waals surface area contributed by atoms with Crippen LogP contribution in [-0.4, -0.2) is 18.2 Å². The molecule has 1 aliphatic heterocycles. The molecule has 0 saturated heterocycles. The van der Waals surface area contributed by atoms with Crippen LogP contribution in [-0.2, 0) is 4.79 Å². The highest BCUT2D eigenvalue weighted by Gasteiger charge is 2.13. The molecule has 82 valence electrons. The number of hydrogen-bond donors (Lipinski definition) is 2. The van der Waals surface area contributed by atoms with E-state index in [0.717, 1.165) is 5.69 Å². The average molecular weight is 216 g/mol. The summed E-state index contributed by atoms with van der Waals surface area (Å²) in [6, 6.07) is 9.64. The minimum absolute atomic E-state index is 0.303. The zero-order chi connectivity index (χ0) is 11.4. The van der Waals surface area contributed by atoms with E-state index in [-0.39, 0.29) is 0 Å². The van der Waals surface area contributed by atoms with E-state index >= 15 is 0 Å². The highest BCUT2D eigenvalue weighted by Crippen LogP contribution is 2.15. The lowest BCUT2D eigenvalue weighted by Crippen LogP contribution is -2.38. The predicted molar refractivity (Wildman–Crippen MR) is 62.7 cm³/mol. The second-order valence-corrected chi connectivity index (χ2v) is 3.28. The van der Waals surface area contributed by atoms with Gasteiger partial charge in [-0.2, -0.15) is 5.10 Å². The molecule has 3 N–H and O–H groups in total. The fourth-order valence-electron chi connectivity index (χ4n) is 1.43. The van der Waals surface area contributed by atoms with Gasteiger partial charge in [0.2, 0.25) is 0 Å². The second kappa shape index (κ2) is 4.59. The molecule has 0 aromatic heterocycles. The van der Waals surface area contributed by atoms with Crippen LogP contribution in [0, 0.1) is 0 Å². The maximum atomic E-state index is 11.3. The number of hydrogen-bond acceptors (Lipinski definition) is 4. The molecule has 0 aliphatic carbocycles. The first-order valence-electron chi connectivity index (χ1n) is 4.90. The van der Waals surface area contributed by atoms with Crippen LogP contribution in [0.4, 0.5) is 5.69 Å². The van der Waals surface area contributed by atoms with Gasteiger partial charge in [-0.25, -0.2) is 5.84 Å². The van der Waals surface area contributed by atoms with Crippen LogP contribution in [0.1, 0.15) is 0 Å². The van der Waals surface area contributed by atoms with Crippen molar-refractivity contribution in [3.63, 3.8) is 0 Å². The van der Waals surface area contributed by atoms with Crippen LogP contribution in [0.25, 0.3) is 0 Å². The van der Waals surface area contributed by atoms with Crippen LogP contribution in [0.5, 0.6) is 0 Å². The quantitative estimate of drug-likeness (QED) is 0.427. The number of anilines is 1. The third-order valence-electron chi connectivity index (χ3n) is 2.20. The van der Waals surface area contributed by atoms with Gasteiger partial charge in [0.1, 0.15) is 5.71 Å². The number of hydrazone groups is 1. The van der Waals surface area contributed by atoms with Crippen LogP contribution in [0.3, 0.4) is 0 Å². The lowest BCUT2D eigenvalue weighted by molar-refractivity contribution is -0.114. The summed E-state index contributed by atoms with van der Waals surface area (Å²) in [7, 11) is 0. The molecule has 0 saturated carbocycles. The number of para-hydroxylation sites is 1. The lowest BCUT2D eigenvalue weighted by atomic mass is 10.2. The van der Waals surface area contributed by atoms with Crippen molar-refractivity contribution in [2.75, 3.05) is 11.6 Å². The number of rotatable bonds is 2. The van der Waals surface area contributed by atoms with Crippen molar-refractivity contribution in [3.05, 3.63) is 42.5 Å². The normalized spacial score (nSPS) is 14.6. The standard InChI is InChI=1S/C11H12N4O/c12-13-11(16)10-7-4-8-15(14-10)9-5-2-1-3-6-9/h1-7H,8,12H2,(H,13,16). The van der Waals surface area contributed by atoms with E-state index in [1.165, 1.54) is 0 Å². The Morgan fingerprint density at radius 1 is 1.38 bits per heavy atom. The second-order valence-electron chi connectivity index (χ2n) is 3.28. The Kier molecular flexibility index (Phi) is 2.98. The molecule has 0 bridgehead atoms. The van der Waals surface area contributed by atoms with Gasteiger partial charge in [0.05, 0.1) is 12.2 Å². The van der Waals surface area contributed by atoms with Crippen molar-refractivity contribution in [2.24, 2.45) is 10.9 Å². The minimum atomic E-state index is -0.392. The van der Waals surface area contributed by atoms with E-state index in [0.29, 0.717) is 12.3 Å². The molecule has 2 rings (SSSR count). The third-order valence-corrected chi connectivity index (χ3v) is 2.20. The van der Waals surface area contributed by atoms with Gasteiger partial charge < -0.3 is 0 Å². The number of carbonyl (C=O) groups is 1. The Labute approximate surface area is 93.2 Å². The fourth-order valence-corrected chi connectivity index (χ4v) is 1.43. The Morgan fingerprint density at radius 3 is 2.81 bits per heavy atom. The van der Waals surface area contributed by atoms with E-state index in [4.69, 9.17) is 5.84 Å². The van der Waals surface area contributed by atoms with Gasteiger partial charge >= 0.3 is 0 Å². The van der Waals surface area contributed by atoms with Gasteiger partial charge in [0.15, 0.2) is 0 Å². The monoisotopic (exact) mass is 216 g/mol. The van der Waals surface area contributed by atoms with Crippen LogP contribution in [0.15, 0.2) is 47.6 Å². The highest BCUT2D eigenvalue weighted by molar-refractivity contribution is 6.43. The molecule has 0 fully saturated rings. The van der Waals surface area contributed by atoms with Crippen molar-refractivity contribution < 1.29 is 4.79 Å². The van der Waals surface area contributed by atoms with Crippen LogP contribution < -0.4 is 16.3 Å². The first-order chi connectivity index (χ1) is 7.81. The number of hydrazine groups is 1. The number of carbonyl (C=O) groups excluding carboxylic acids is 1. The van der Waals surface area contributed by atoms with E-state index in [1.807, 2.05) is 36.4 Å². The first-order valence-corrected chi connectivity index (χ1v) is 4.90. The number of benzene rings is 1. The third kappa shape index (κ3) is 2.09. The zero-order valence-corrected chi connectivity index (χ0v) is 8.63. The summed E-state index contributed by atoms with van der Waals surface area (Å²) in [5, 5.41) is 5.93. The molecule has 0 unspecified atom stereocenters. The molecule has 1 aromatic rings. The van der Waals surface area contributed by atoms with Gasteiger partial charge in [-0.15, -0.1) is 0 Å². The zero-order valence-electron chi connectivity index (χ0n) is 8.63. The van der Waals surface area contributed by atoms with E-state index in [2.05, 4.69) is 10.5 Å². The van der Waals surface area contributed by atoms with Crippen molar-refractivity contribution in [1.82, 2.24) is 5.43 Å². The summed E-state index contributed by atoms with van der Waals surface area (Å²) in [5.41, 5.74) is 3.30. The van der Waals surface area contributed by atoms with Gasteiger partial charge in [0, 0.05) is 0 Å². The molecule has 5 heteroatoms. The molecule has 1 heterocycles. The van der Waals surface area contributed by atoms with Gasteiger partial charge in [-0.1, -0.05) is 24.3 Å². The Balaban J connectivity index is 2.23. The summed E-state index contributed by atoms with van der Waals surface area (Å²) >= 11 is 0. The molecule has 16 heavy (non-hydrogen) atoms. The summed E-state index contributed by atoms with van der Waals surface area (Å²) in [5.74, 6) is 4.66. The minimum Gasteiger partial charge on any atom is -0.289 e. The van der Waals surface area contributed by atoms with Crippen molar-refractivity contribution in [3.8, 4) is 0 Å². The molecule has 1 aliphatic rings. The molecule has 1 amide bonds. The topological polar surface area (TPSA) is 70.7 Å². The Morgan fingerprint density at radius 2 is 2.12 bits per heavy atom. The first kappa shape index (κ1) is 10.4. The molecular weight excluding hydrogens is 204 g/mol. The van der Waals surface area contributed by atoms with Gasteiger partial charge in [-0.05, 0) is 18.2 Å². The van der Waals surface area contributed by atoms with Crippen LogP contribution in [0.2, 0.25) is 0 Å². The number of nitrogens with one attached hydrogen (secondary N) is 1. The number of nitrogens with two attached hydrogens (primary N) is 1. The number of amides is 1. The molecule has 5 nitrogen and oxygen atoms in total. The van der Waals surface area contributed by atoms with E-state index in [9.17, 15) is 4.79 Å². The molecular formula is C11H12N4O. The van der Waals surface area contributed by atoms with Crippen molar-refractivity contribution in [2.45, 2.75) is 0 Å². The highest BCUT2D eigenvalue weighted by atomic mass is 16.2. The maximum Gasteiger partial charge on any atom is 0.285 e. The number of nitrogens with zero attached hydrogens (tertiary/aromatic N) is 2. The Hall–Kier alpha value is -2.14. The summed E-state index contributed by atoms with van der Waals surface area (Å²) in [6.45, 7) is 0.644. The SMILES string of the molecule is NNC(=O)C1=NN(c2ccccc2)CC=C1. The average Bonchev–Trinajstić information content (AvgIpc) is 2.39. The fraction of sp³-hybridized carbons (Fsp3) is 0.0909. The van der Waals surface area contributed by atoms with E-state index in [1.54, 1.807) is 11.1 Å². The van der Waals surface area contributed by atoms with Gasteiger partial charge in [-0.3, -0.25) is 15.2 Å². The van der Waals surface area contributed by atoms with Crippen LogP contribution >= 0.6 is 0 Å². The molecule has 0 spiro atoms. The predicted octanol–water partition coefficient (Wildman–Crippen LogP) is 0.409. The summed E-state index contributed by atoms with van der Waals surface area (Å²) in [6.07, 6.45) is 3.52. The Bertz CT molecular complexity index is 439. The molecule has 1 aromatic carbocycles.